The summed E-state index contributed by atoms with van der Waals surface area (Å²) in [6.07, 6.45) is 1.15. The van der Waals surface area contributed by atoms with Crippen molar-refractivity contribution in [3.63, 3.8) is 0 Å². The average Bonchev–Trinajstić information content (AvgIpc) is 2.81. The molecule has 1 aliphatic rings. The van der Waals surface area contributed by atoms with E-state index in [-0.39, 0.29) is 0 Å². The van der Waals surface area contributed by atoms with Gasteiger partial charge in [-0.1, -0.05) is 30.3 Å². The van der Waals surface area contributed by atoms with Crippen molar-refractivity contribution in [2.75, 3.05) is 26.8 Å². The second kappa shape index (κ2) is 5.99. The van der Waals surface area contributed by atoms with Crippen LogP contribution in [0.5, 0.6) is 0 Å². The van der Waals surface area contributed by atoms with Crippen molar-refractivity contribution in [2.24, 2.45) is 5.92 Å². The molecule has 0 bridgehead atoms. The van der Waals surface area contributed by atoms with Gasteiger partial charge >= 0.3 is 0 Å². The summed E-state index contributed by atoms with van der Waals surface area (Å²) in [6.45, 7) is 3.37. The summed E-state index contributed by atoms with van der Waals surface area (Å²) in [5.41, 5.74) is 1.21. The summed E-state index contributed by atoms with van der Waals surface area (Å²) in [7, 11) is 1.99. The van der Waals surface area contributed by atoms with Crippen LogP contribution >= 0.6 is 0 Å². The van der Waals surface area contributed by atoms with E-state index in [9.17, 15) is 0 Å². The molecule has 0 spiro atoms. The zero-order valence-corrected chi connectivity index (χ0v) is 9.76. The van der Waals surface area contributed by atoms with Crippen molar-refractivity contribution in [3.8, 4) is 0 Å². The van der Waals surface area contributed by atoms with Crippen LogP contribution in [0.3, 0.4) is 0 Å². The van der Waals surface area contributed by atoms with Gasteiger partial charge in [-0.15, -0.1) is 0 Å². The van der Waals surface area contributed by atoms with Gasteiger partial charge in [-0.2, -0.15) is 5.06 Å². The van der Waals surface area contributed by atoms with Crippen LogP contribution < -0.4 is 0 Å². The Kier molecular flexibility index (Phi) is 4.34. The van der Waals surface area contributed by atoms with Gasteiger partial charge < -0.3 is 4.74 Å². The van der Waals surface area contributed by atoms with Gasteiger partial charge in [0.25, 0.3) is 0 Å². The Labute approximate surface area is 96.9 Å². The fourth-order valence-electron chi connectivity index (χ4n) is 1.90. The predicted octanol–water partition coefficient (Wildman–Crippen LogP) is 2.09. The molecule has 0 aromatic heterocycles. The third-order valence-electron chi connectivity index (χ3n) is 2.83. The lowest BCUT2D eigenvalue weighted by Crippen LogP contribution is -2.26. The number of hydrogen-bond acceptors (Lipinski definition) is 3. The predicted molar refractivity (Wildman–Crippen MR) is 62.8 cm³/mol. The molecular weight excluding hydrogens is 202 g/mol. The molecule has 2 rings (SSSR count). The highest BCUT2D eigenvalue weighted by molar-refractivity contribution is 5.13. The van der Waals surface area contributed by atoms with Crippen molar-refractivity contribution >= 4 is 0 Å². The van der Waals surface area contributed by atoms with Gasteiger partial charge in [-0.3, -0.25) is 4.84 Å². The lowest BCUT2D eigenvalue weighted by Gasteiger charge is -2.19. The van der Waals surface area contributed by atoms with E-state index in [1.807, 2.05) is 30.3 Å². The Balaban J connectivity index is 1.69. The summed E-state index contributed by atoms with van der Waals surface area (Å²) >= 11 is 0. The molecule has 1 aliphatic heterocycles. The molecular formula is C13H19NO2. The maximum absolute atomic E-state index is 5.67. The van der Waals surface area contributed by atoms with E-state index in [1.165, 1.54) is 5.56 Å². The van der Waals surface area contributed by atoms with E-state index >= 15 is 0 Å². The highest BCUT2D eigenvalue weighted by atomic mass is 16.7. The van der Waals surface area contributed by atoms with Gasteiger partial charge in [0.15, 0.2) is 0 Å². The van der Waals surface area contributed by atoms with Crippen LogP contribution in [-0.2, 0) is 16.2 Å². The molecule has 0 amide bonds. The molecule has 1 saturated heterocycles. The molecule has 16 heavy (non-hydrogen) atoms. The molecule has 0 radical (unpaired) electrons. The first-order valence-electron chi connectivity index (χ1n) is 5.80. The van der Waals surface area contributed by atoms with Crippen LogP contribution in [-0.4, -0.2) is 31.9 Å². The zero-order valence-electron chi connectivity index (χ0n) is 9.76. The maximum atomic E-state index is 5.67. The second-order valence-electron chi connectivity index (χ2n) is 4.30. The molecule has 1 atom stereocenters. The number of hydrogen-bond donors (Lipinski definition) is 0. The van der Waals surface area contributed by atoms with Crippen LogP contribution in [0.1, 0.15) is 12.0 Å². The quantitative estimate of drug-likeness (QED) is 0.711. The third kappa shape index (κ3) is 3.59. The standard InChI is InChI=1S/C13H19NO2/c1-14(9-13-7-8-15-10-13)16-11-12-5-3-2-4-6-12/h2-6,13H,7-11H2,1H3/t13-/m1/s1. The smallest absolute Gasteiger partial charge is 0.0935 e. The molecule has 1 aromatic rings. The minimum atomic E-state index is 0.626. The van der Waals surface area contributed by atoms with Gasteiger partial charge in [0.05, 0.1) is 13.2 Å². The number of benzene rings is 1. The number of rotatable bonds is 5. The molecule has 0 unspecified atom stereocenters. The van der Waals surface area contributed by atoms with Crippen molar-refractivity contribution < 1.29 is 9.57 Å². The zero-order chi connectivity index (χ0) is 11.2. The fourth-order valence-corrected chi connectivity index (χ4v) is 1.90. The van der Waals surface area contributed by atoms with Crippen LogP contribution in [0.2, 0.25) is 0 Å². The molecule has 0 saturated carbocycles. The topological polar surface area (TPSA) is 21.7 Å². The third-order valence-corrected chi connectivity index (χ3v) is 2.83. The van der Waals surface area contributed by atoms with Crippen molar-refractivity contribution in [1.29, 1.82) is 0 Å². The normalized spacial score (nSPS) is 20.5. The van der Waals surface area contributed by atoms with Crippen LogP contribution in [0.15, 0.2) is 30.3 Å². The lowest BCUT2D eigenvalue weighted by molar-refractivity contribution is -0.157. The van der Waals surface area contributed by atoms with E-state index in [0.717, 1.165) is 26.2 Å². The van der Waals surface area contributed by atoms with Gasteiger partial charge in [-0.05, 0) is 17.9 Å². The number of hydroxylamine groups is 2. The van der Waals surface area contributed by atoms with E-state index in [4.69, 9.17) is 9.57 Å². The molecule has 3 heteroatoms. The van der Waals surface area contributed by atoms with E-state index in [1.54, 1.807) is 0 Å². The monoisotopic (exact) mass is 221 g/mol. The minimum absolute atomic E-state index is 0.626. The molecule has 1 aromatic carbocycles. The van der Waals surface area contributed by atoms with Gasteiger partial charge in [0.1, 0.15) is 0 Å². The molecule has 0 N–H and O–H groups in total. The largest absolute Gasteiger partial charge is 0.381 e. The van der Waals surface area contributed by atoms with E-state index in [2.05, 4.69) is 12.1 Å². The van der Waals surface area contributed by atoms with Gasteiger partial charge in [0, 0.05) is 20.2 Å². The molecule has 0 aliphatic carbocycles. The first kappa shape index (κ1) is 11.6. The minimum Gasteiger partial charge on any atom is -0.381 e. The average molecular weight is 221 g/mol. The summed E-state index contributed by atoms with van der Waals surface area (Å²) in [4.78, 5) is 5.67. The fraction of sp³-hybridized carbons (Fsp3) is 0.538. The first-order valence-corrected chi connectivity index (χ1v) is 5.80. The van der Waals surface area contributed by atoms with Crippen molar-refractivity contribution in [2.45, 2.75) is 13.0 Å². The van der Waals surface area contributed by atoms with Gasteiger partial charge in [-0.25, -0.2) is 0 Å². The maximum Gasteiger partial charge on any atom is 0.0935 e. The number of nitrogens with zero attached hydrogens (tertiary/aromatic N) is 1. The summed E-state index contributed by atoms with van der Waals surface area (Å²) < 4.78 is 5.34. The highest BCUT2D eigenvalue weighted by Crippen LogP contribution is 2.13. The Bertz CT molecular complexity index is 296. The Morgan fingerprint density at radius 3 is 2.88 bits per heavy atom. The summed E-state index contributed by atoms with van der Waals surface area (Å²) in [5.74, 6) is 0.626. The molecule has 88 valence electrons. The SMILES string of the molecule is CN(C[C@H]1CCOC1)OCc1ccccc1. The highest BCUT2D eigenvalue weighted by Gasteiger charge is 2.17. The second-order valence-corrected chi connectivity index (χ2v) is 4.30. The Morgan fingerprint density at radius 1 is 1.38 bits per heavy atom. The molecule has 3 nitrogen and oxygen atoms in total. The Hall–Kier alpha value is -0.900. The van der Waals surface area contributed by atoms with Crippen LogP contribution in [0.25, 0.3) is 0 Å². The molecule has 1 heterocycles. The molecule has 1 fully saturated rings. The van der Waals surface area contributed by atoms with Gasteiger partial charge in [0.2, 0.25) is 0 Å². The first-order chi connectivity index (χ1) is 7.84. The van der Waals surface area contributed by atoms with Crippen LogP contribution in [0, 0.1) is 5.92 Å². The Morgan fingerprint density at radius 2 is 2.19 bits per heavy atom. The summed E-state index contributed by atoms with van der Waals surface area (Å²) in [6, 6.07) is 10.2. The van der Waals surface area contributed by atoms with E-state index in [0.29, 0.717) is 12.5 Å². The van der Waals surface area contributed by atoms with Crippen molar-refractivity contribution in [3.05, 3.63) is 35.9 Å². The van der Waals surface area contributed by atoms with Crippen LogP contribution in [0.4, 0.5) is 0 Å². The van der Waals surface area contributed by atoms with E-state index < -0.39 is 0 Å². The lowest BCUT2D eigenvalue weighted by atomic mass is 10.1. The number of ether oxygens (including phenoxy) is 1. The summed E-state index contributed by atoms with van der Waals surface area (Å²) in [5, 5.41) is 1.92. The van der Waals surface area contributed by atoms with Crippen molar-refractivity contribution in [1.82, 2.24) is 5.06 Å².